The van der Waals surface area contributed by atoms with Gasteiger partial charge < -0.3 is 10.2 Å². The first-order chi connectivity index (χ1) is 9.38. The monoisotopic (exact) mass is 277 g/mol. The van der Waals surface area contributed by atoms with Gasteiger partial charge in [0.15, 0.2) is 0 Å². The molecule has 3 nitrogen and oxygen atoms in total. The summed E-state index contributed by atoms with van der Waals surface area (Å²) in [7, 11) is 0. The summed E-state index contributed by atoms with van der Waals surface area (Å²) in [5.74, 6) is 2.40. The Bertz CT molecular complexity index is 376. The molecule has 0 fully saturated rings. The minimum absolute atomic E-state index is 0.508. The van der Waals surface area contributed by atoms with Crippen LogP contribution in [0, 0.1) is 11.8 Å². The molecule has 0 bridgehead atoms. The van der Waals surface area contributed by atoms with Crippen molar-refractivity contribution in [3.63, 3.8) is 0 Å². The lowest BCUT2D eigenvalue weighted by atomic mass is 10.1. The van der Waals surface area contributed by atoms with Crippen LogP contribution in [-0.2, 0) is 6.54 Å². The van der Waals surface area contributed by atoms with Crippen molar-refractivity contribution in [3.05, 3.63) is 23.9 Å². The number of aromatic nitrogens is 1. The van der Waals surface area contributed by atoms with E-state index in [9.17, 15) is 0 Å². The number of hydrogen-bond donors (Lipinski definition) is 1. The van der Waals surface area contributed by atoms with Crippen LogP contribution in [0.2, 0.25) is 0 Å². The highest BCUT2D eigenvalue weighted by atomic mass is 15.2. The summed E-state index contributed by atoms with van der Waals surface area (Å²) < 4.78 is 0. The van der Waals surface area contributed by atoms with Crippen LogP contribution in [0.4, 0.5) is 5.82 Å². The Morgan fingerprint density at radius 1 is 1.05 bits per heavy atom. The number of hydrogen-bond acceptors (Lipinski definition) is 3. The summed E-state index contributed by atoms with van der Waals surface area (Å²) in [6, 6.07) is 4.83. The van der Waals surface area contributed by atoms with E-state index in [0.717, 1.165) is 25.5 Å². The second kappa shape index (κ2) is 8.25. The summed E-state index contributed by atoms with van der Waals surface area (Å²) in [6.07, 6.45) is 1.93. The molecule has 1 aromatic heterocycles. The summed E-state index contributed by atoms with van der Waals surface area (Å²) in [4.78, 5) is 6.98. The first-order valence-electron chi connectivity index (χ1n) is 7.81. The maximum absolute atomic E-state index is 4.57. The van der Waals surface area contributed by atoms with Gasteiger partial charge in [0.2, 0.25) is 0 Å². The third-order valence-corrected chi connectivity index (χ3v) is 3.02. The SMILES string of the molecule is CC(C)CN(CC(C)C)c1cc(CNC(C)C)ccn1. The molecule has 0 aromatic carbocycles. The molecule has 0 aliphatic carbocycles. The molecule has 0 amide bonds. The second-order valence-corrected chi connectivity index (χ2v) is 6.75. The van der Waals surface area contributed by atoms with Crippen molar-refractivity contribution < 1.29 is 0 Å². The van der Waals surface area contributed by atoms with Gasteiger partial charge in [-0.2, -0.15) is 0 Å². The fourth-order valence-corrected chi connectivity index (χ4v) is 2.21. The van der Waals surface area contributed by atoms with Gasteiger partial charge in [0.05, 0.1) is 0 Å². The van der Waals surface area contributed by atoms with E-state index in [2.05, 4.69) is 68.9 Å². The minimum atomic E-state index is 0.508. The van der Waals surface area contributed by atoms with Crippen LogP contribution in [0.15, 0.2) is 18.3 Å². The predicted octanol–water partition coefficient (Wildman–Crippen LogP) is 3.70. The summed E-state index contributed by atoms with van der Waals surface area (Å²) in [5, 5.41) is 3.46. The van der Waals surface area contributed by atoms with Crippen molar-refractivity contribution in [2.45, 2.75) is 54.1 Å². The Morgan fingerprint density at radius 3 is 2.15 bits per heavy atom. The molecule has 1 aromatic rings. The number of rotatable bonds is 8. The zero-order valence-corrected chi connectivity index (χ0v) is 14.0. The van der Waals surface area contributed by atoms with Crippen molar-refractivity contribution >= 4 is 5.82 Å². The molecule has 0 atom stereocenters. The molecule has 114 valence electrons. The Morgan fingerprint density at radius 2 is 1.65 bits per heavy atom. The highest BCUT2D eigenvalue weighted by molar-refractivity contribution is 5.41. The Kier molecular flexibility index (Phi) is 7.00. The molecule has 20 heavy (non-hydrogen) atoms. The Hall–Kier alpha value is -1.09. The van der Waals surface area contributed by atoms with E-state index >= 15 is 0 Å². The Balaban J connectivity index is 2.81. The van der Waals surface area contributed by atoms with Gasteiger partial charge in [-0.1, -0.05) is 41.5 Å². The second-order valence-electron chi connectivity index (χ2n) is 6.75. The molecule has 0 radical (unpaired) electrons. The van der Waals surface area contributed by atoms with E-state index in [-0.39, 0.29) is 0 Å². The van der Waals surface area contributed by atoms with Crippen LogP contribution in [0.1, 0.15) is 47.1 Å². The van der Waals surface area contributed by atoms with Crippen LogP contribution in [0.25, 0.3) is 0 Å². The number of anilines is 1. The summed E-state index contributed by atoms with van der Waals surface area (Å²) >= 11 is 0. The van der Waals surface area contributed by atoms with Gasteiger partial charge in [0.1, 0.15) is 5.82 Å². The standard InChI is InChI=1S/C17H31N3/c1-13(2)11-20(12-14(3)4)17-9-16(7-8-18-17)10-19-15(5)6/h7-9,13-15,19H,10-12H2,1-6H3. The lowest BCUT2D eigenvalue weighted by Crippen LogP contribution is -2.32. The number of pyridine rings is 1. The molecule has 0 aliphatic rings. The normalized spacial score (nSPS) is 11.7. The van der Waals surface area contributed by atoms with Gasteiger partial charge >= 0.3 is 0 Å². The van der Waals surface area contributed by atoms with Crippen molar-refractivity contribution in [3.8, 4) is 0 Å². The van der Waals surface area contributed by atoms with Crippen molar-refractivity contribution in [1.82, 2.24) is 10.3 Å². The van der Waals surface area contributed by atoms with Gasteiger partial charge in [-0.3, -0.25) is 0 Å². The van der Waals surface area contributed by atoms with Crippen molar-refractivity contribution in [2.75, 3.05) is 18.0 Å². The largest absolute Gasteiger partial charge is 0.356 e. The third-order valence-electron chi connectivity index (χ3n) is 3.02. The molecule has 1 N–H and O–H groups in total. The molecular formula is C17H31N3. The lowest BCUT2D eigenvalue weighted by molar-refractivity contribution is 0.548. The van der Waals surface area contributed by atoms with Gasteiger partial charge in [0.25, 0.3) is 0 Å². The van der Waals surface area contributed by atoms with E-state index < -0.39 is 0 Å². The van der Waals surface area contributed by atoms with Gasteiger partial charge in [-0.05, 0) is 29.5 Å². The smallest absolute Gasteiger partial charge is 0.128 e. The van der Waals surface area contributed by atoms with Crippen LogP contribution >= 0.6 is 0 Å². The number of nitrogens with one attached hydrogen (secondary N) is 1. The molecular weight excluding hydrogens is 246 g/mol. The zero-order chi connectivity index (χ0) is 15.1. The van der Waals surface area contributed by atoms with Crippen LogP contribution in [0.3, 0.4) is 0 Å². The fourth-order valence-electron chi connectivity index (χ4n) is 2.21. The van der Waals surface area contributed by atoms with E-state index in [4.69, 9.17) is 0 Å². The van der Waals surface area contributed by atoms with E-state index in [1.54, 1.807) is 0 Å². The van der Waals surface area contributed by atoms with Crippen LogP contribution in [0.5, 0.6) is 0 Å². The molecule has 0 unspecified atom stereocenters. The summed E-state index contributed by atoms with van der Waals surface area (Å²) in [5.41, 5.74) is 1.31. The third kappa shape index (κ3) is 6.38. The zero-order valence-electron chi connectivity index (χ0n) is 14.0. The molecule has 1 rings (SSSR count). The first-order valence-corrected chi connectivity index (χ1v) is 7.81. The van der Waals surface area contributed by atoms with E-state index in [1.807, 2.05) is 6.20 Å². The number of nitrogens with zero attached hydrogens (tertiary/aromatic N) is 2. The predicted molar refractivity (Wildman–Crippen MR) is 88.1 cm³/mol. The molecule has 0 saturated heterocycles. The highest BCUT2D eigenvalue weighted by Crippen LogP contribution is 2.16. The highest BCUT2D eigenvalue weighted by Gasteiger charge is 2.12. The Labute approximate surface area is 124 Å². The van der Waals surface area contributed by atoms with Crippen LogP contribution in [-0.4, -0.2) is 24.1 Å². The fraction of sp³-hybridized carbons (Fsp3) is 0.706. The van der Waals surface area contributed by atoms with Gasteiger partial charge in [-0.25, -0.2) is 4.98 Å². The quantitative estimate of drug-likeness (QED) is 0.785. The molecule has 0 saturated carbocycles. The average molecular weight is 277 g/mol. The molecule has 0 aliphatic heterocycles. The molecule has 1 heterocycles. The maximum atomic E-state index is 4.57. The topological polar surface area (TPSA) is 28.2 Å². The lowest BCUT2D eigenvalue weighted by Gasteiger charge is -2.27. The minimum Gasteiger partial charge on any atom is -0.356 e. The first kappa shape index (κ1) is 17.0. The van der Waals surface area contributed by atoms with Gasteiger partial charge in [0, 0.05) is 31.9 Å². The summed E-state index contributed by atoms with van der Waals surface area (Å²) in [6.45, 7) is 16.4. The van der Waals surface area contributed by atoms with Crippen molar-refractivity contribution in [2.24, 2.45) is 11.8 Å². The molecule has 0 spiro atoms. The van der Waals surface area contributed by atoms with Gasteiger partial charge in [-0.15, -0.1) is 0 Å². The van der Waals surface area contributed by atoms with E-state index in [1.165, 1.54) is 5.56 Å². The maximum Gasteiger partial charge on any atom is 0.128 e. The van der Waals surface area contributed by atoms with Crippen LogP contribution < -0.4 is 10.2 Å². The molecule has 3 heteroatoms. The van der Waals surface area contributed by atoms with Crippen molar-refractivity contribution in [1.29, 1.82) is 0 Å². The average Bonchev–Trinajstić information content (AvgIpc) is 2.35. The van der Waals surface area contributed by atoms with E-state index in [0.29, 0.717) is 17.9 Å².